The number of thioether (sulfide) groups is 1. The maximum absolute atomic E-state index is 13.9. The van der Waals surface area contributed by atoms with Gasteiger partial charge in [0.2, 0.25) is 0 Å². The average molecular weight is 444 g/mol. The zero-order chi connectivity index (χ0) is 22.5. The van der Waals surface area contributed by atoms with Crippen molar-refractivity contribution < 1.29 is 0 Å². The number of hydrogen-bond acceptors (Lipinski definition) is 4. The summed E-state index contributed by atoms with van der Waals surface area (Å²) in [6, 6.07) is 20.2. The van der Waals surface area contributed by atoms with Gasteiger partial charge in [-0.05, 0) is 35.3 Å². The molecule has 0 N–H and O–H groups in total. The van der Waals surface area contributed by atoms with E-state index < -0.39 is 0 Å². The second-order valence-electron chi connectivity index (χ2n) is 8.07. The minimum absolute atomic E-state index is 0.0571. The van der Waals surface area contributed by atoms with Crippen LogP contribution in [0.25, 0.3) is 0 Å². The summed E-state index contributed by atoms with van der Waals surface area (Å²) in [7, 11) is 0. The van der Waals surface area contributed by atoms with Crippen LogP contribution in [0, 0.1) is 6.92 Å². The molecule has 1 aromatic heterocycles. The van der Waals surface area contributed by atoms with Crippen molar-refractivity contribution in [3.8, 4) is 0 Å². The van der Waals surface area contributed by atoms with Crippen molar-refractivity contribution in [2.24, 2.45) is 0 Å². The number of nitrogens with zero attached hydrogens (tertiary/aromatic N) is 3. The molecular formula is C27H29N3OS. The van der Waals surface area contributed by atoms with Crippen LogP contribution in [0.15, 0.2) is 88.4 Å². The third-order valence-electron chi connectivity index (χ3n) is 5.78. The van der Waals surface area contributed by atoms with Gasteiger partial charge in [0.05, 0.1) is 17.3 Å². The Bertz CT molecular complexity index is 1130. The zero-order valence-corrected chi connectivity index (χ0v) is 19.5. The molecule has 0 bridgehead atoms. The van der Waals surface area contributed by atoms with Crippen LogP contribution < -0.4 is 5.56 Å². The number of benzene rings is 2. The second-order valence-corrected chi connectivity index (χ2v) is 9.16. The summed E-state index contributed by atoms with van der Waals surface area (Å²) in [6.07, 6.45) is 2.80. The minimum atomic E-state index is -0.210. The van der Waals surface area contributed by atoms with E-state index in [1.54, 1.807) is 11.8 Å². The fourth-order valence-electron chi connectivity index (χ4n) is 4.32. The molecule has 2 heterocycles. The smallest absolute Gasteiger partial charge is 0.259 e. The van der Waals surface area contributed by atoms with Gasteiger partial charge in [0.25, 0.3) is 5.56 Å². The molecule has 0 saturated heterocycles. The van der Waals surface area contributed by atoms with E-state index in [1.165, 1.54) is 0 Å². The molecular weight excluding hydrogens is 414 g/mol. The van der Waals surface area contributed by atoms with Gasteiger partial charge in [-0.2, -0.15) is 0 Å². The Morgan fingerprint density at radius 1 is 1.12 bits per heavy atom. The highest BCUT2D eigenvalue weighted by molar-refractivity contribution is 8.05. The van der Waals surface area contributed by atoms with E-state index in [4.69, 9.17) is 4.98 Å². The highest BCUT2D eigenvalue weighted by atomic mass is 32.2. The molecule has 2 aromatic carbocycles. The number of fused-ring (bicyclic) bond motifs is 1. The summed E-state index contributed by atoms with van der Waals surface area (Å²) in [5.74, 6) is 0.757. The number of hydrogen-bond donors (Lipinski definition) is 0. The van der Waals surface area contributed by atoms with E-state index in [-0.39, 0.29) is 11.6 Å². The summed E-state index contributed by atoms with van der Waals surface area (Å²) in [4.78, 5) is 22.2. The maximum Gasteiger partial charge on any atom is 0.259 e. The van der Waals surface area contributed by atoms with Crippen molar-refractivity contribution in [3.63, 3.8) is 0 Å². The monoisotopic (exact) mass is 443 g/mol. The molecule has 4 rings (SSSR count). The van der Waals surface area contributed by atoms with Crippen LogP contribution in [-0.2, 0) is 13.0 Å². The number of aromatic nitrogens is 2. The van der Waals surface area contributed by atoms with Crippen molar-refractivity contribution in [2.45, 2.75) is 32.9 Å². The summed E-state index contributed by atoms with van der Waals surface area (Å²) in [5, 5.41) is 2.04. The van der Waals surface area contributed by atoms with Crippen molar-refractivity contribution >= 4 is 11.8 Å². The Balaban J connectivity index is 1.75. The Kier molecular flexibility index (Phi) is 7.08. The van der Waals surface area contributed by atoms with E-state index in [9.17, 15) is 4.79 Å². The molecule has 0 amide bonds. The SMILES string of the molecule is C=C(CN1CCc2nc(C)n(C(c3ccccc3)c3ccccc3)c(=O)c2C1)S/C=C\C. The maximum atomic E-state index is 13.9. The zero-order valence-electron chi connectivity index (χ0n) is 18.7. The first kappa shape index (κ1) is 22.3. The van der Waals surface area contributed by atoms with E-state index in [0.717, 1.165) is 52.6 Å². The summed E-state index contributed by atoms with van der Waals surface area (Å²) in [5.41, 5.74) is 3.96. The molecule has 32 heavy (non-hydrogen) atoms. The first-order valence-electron chi connectivity index (χ1n) is 11.0. The highest BCUT2D eigenvalue weighted by Gasteiger charge is 2.27. The Morgan fingerprint density at radius 3 is 2.34 bits per heavy atom. The molecule has 1 aliphatic heterocycles. The molecule has 1 aliphatic rings. The number of rotatable bonds is 7. The Hall–Kier alpha value is -2.89. The van der Waals surface area contributed by atoms with Crippen LogP contribution in [0.1, 0.15) is 41.2 Å². The molecule has 3 aromatic rings. The molecule has 0 aliphatic carbocycles. The largest absolute Gasteiger partial charge is 0.294 e. The third-order valence-corrected chi connectivity index (χ3v) is 6.65. The van der Waals surface area contributed by atoms with Crippen LogP contribution in [0.3, 0.4) is 0 Å². The van der Waals surface area contributed by atoms with E-state index in [0.29, 0.717) is 6.54 Å². The summed E-state index contributed by atoms with van der Waals surface area (Å²) >= 11 is 1.64. The van der Waals surface area contributed by atoms with Crippen molar-refractivity contribution in [3.05, 3.63) is 122 Å². The van der Waals surface area contributed by atoms with Gasteiger partial charge in [0, 0.05) is 26.1 Å². The van der Waals surface area contributed by atoms with Gasteiger partial charge in [-0.15, -0.1) is 11.8 Å². The van der Waals surface area contributed by atoms with E-state index in [2.05, 4.69) is 35.7 Å². The van der Waals surface area contributed by atoms with E-state index in [1.807, 2.05) is 66.3 Å². The molecule has 0 spiro atoms. The lowest BCUT2D eigenvalue weighted by molar-refractivity contribution is 0.273. The first-order valence-corrected chi connectivity index (χ1v) is 11.8. The summed E-state index contributed by atoms with van der Waals surface area (Å²) < 4.78 is 1.87. The molecule has 0 saturated carbocycles. The highest BCUT2D eigenvalue weighted by Crippen LogP contribution is 2.28. The van der Waals surface area contributed by atoms with Crippen LogP contribution >= 0.6 is 11.8 Å². The lowest BCUT2D eigenvalue weighted by atomic mass is 9.97. The first-order chi connectivity index (χ1) is 15.6. The molecule has 4 nitrogen and oxygen atoms in total. The topological polar surface area (TPSA) is 38.1 Å². The average Bonchev–Trinajstić information content (AvgIpc) is 2.82. The molecule has 5 heteroatoms. The fourth-order valence-corrected chi connectivity index (χ4v) is 4.90. The van der Waals surface area contributed by atoms with Gasteiger partial charge in [0.15, 0.2) is 0 Å². The molecule has 0 atom stereocenters. The van der Waals surface area contributed by atoms with Crippen molar-refractivity contribution in [2.75, 3.05) is 13.1 Å². The lowest BCUT2D eigenvalue weighted by Gasteiger charge is -2.30. The predicted octanol–water partition coefficient (Wildman–Crippen LogP) is 5.33. The Morgan fingerprint density at radius 2 is 1.75 bits per heavy atom. The van der Waals surface area contributed by atoms with Gasteiger partial charge in [-0.3, -0.25) is 14.3 Å². The van der Waals surface area contributed by atoms with Crippen LogP contribution in [-0.4, -0.2) is 27.5 Å². The van der Waals surface area contributed by atoms with E-state index >= 15 is 0 Å². The minimum Gasteiger partial charge on any atom is -0.294 e. The van der Waals surface area contributed by atoms with Crippen molar-refractivity contribution in [1.82, 2.24) is 14.5 Å². The van der Waals surface area contributed by atoms with Crippen molar-refractivity contribution in [1.29, 1.82) is 0 Å². The van der Waals surface area contributed by atoms with Gasteiger partial charge in [-0.25, -0.2) is 4.98 Å². The molecule has 0 unspecified atom stereocenters. The normalized spacial score (nSPS) is 14.1. The molecule has 0 fully saturated rings. The summed E-state index contributed by atoms with van der Waals surface area (Å²) in [6.45, 7) is 10.4. The van der Waals surface area contributed by atoms with Gasteiger partial charge in [0.1, 0.15) is 5.82 Å². The standard InChI is InChI=1S/C27H29N3OS/c1-4-17-32-20(2)18-29-16-15-25-24(19-29)27(31)30(21(3)28-25)26(22-11-7-5-8-12-22)23-13-9-6-10-14-23/h4-14,17,26H,2,15-16,18-19H2,1,3H3/b17-4-. The van der Waals surface area contributed by atoms with Crippen LogP contribution in [0.2, 0.25) is 0 Å². The van der Waals surface area contributed by atoms with Gasteiger partial charge >= 0.3 is 0 Å². The van der Waals surface area contributed by atoms with Gasteiger partial charge < -0.3 is 0 Å². The molecule has 164 valence electrons. The van der Waals surface area contributed by atoms with Crippen LogP contribution in [0.5, 0.6) is 0 Å². The Labute approximate surface area is 194 Å². The lowest BCUT2D eigenvalue weighted by Crippen LogP contribution is -2.40. The predicted molar refractivity (Wildman–Crippen MR) is 134 cm³/mol. The van der Waals surface area contributed by atoms with Crippen LogP contribution in [0.4, 0.5) is 0 Å². The quantitative estimate of drug-likeness (QED) is 0.495. The number of aryl methyl sites for hydroxylation is 1. The second kappa shape index (κ2) is 10.2. The molecule has 0 radical (unpaired) electrons. The fraction of sp³-hybridized carbons (Fsp3) is 0.259. The third kappa shape index (κ3) is 4.79. The number of allylic oxidation sites excluding steroid dienone is 1. The van der Waals surface area contributed by atoms with Gasteiger partial charge in [-0.1, -0.05) is 73.3 Å².